The first-order valence-corrected chi connectivity index (χ1v) is 19.9. The van der Waals surface area contributed by atoms with Gasteiger partial charge in [0, 0.05) is 55.8 Å². The van der Waals surface area contributed by atoms with Crippen molar-refractivity contribution in [2.45, 2.75) is 63.6 Å². The number of nitrogens with one attached hydrogen (secondary N) is 2. The van der Waals surface area contributed by atoms with Crippen molar-refractivity contribution in [2.24, 2.45) is 11.8 Å². The molecule has 13 nitrogen and oxygen atoms in total. The first-order chi connectivity index (χ1) is 27.7. The highest BCUT2D eigenvalue weighted by Crippen LogP contribution is 2.36. The van der Waals surface area contributed by atoms with E-state index in [2.05, 4.69) is 27.6 Å². The highest BCUT2D eigenvalue weighted by molar-refractivity contribution is 6.34. The Hall–Kier alpha value is -5.22. The summed E-state index contributed by atoms with van der Waals surface area (Å²) in [6, 6.07) is 11.2. The van der Waals surface area contributed by atoms with E-state index in [0.29, 0.717) is 58.2 Å². The van der Waals surface area contributed by atoms with Crippen LogP contribution in [-0.4, -0.2) is 95.2 Å². The normalized spacial score (nSPS) is 19.4. The standard InChI is InChI=1S/C41H46ClF3N8O5/c1-50(16-12-25-13-17-51(18-14-25)39(56)27-8-11-30(42)34(21-27)52-19-15-37(54)48-40(52)57)23-26-6-9-29(10-7-26)53-24-28-20-33(35(58-2)22-32(28)49-53)47-38(55)31-4-3-5-36(46-31)41(43,44)45/h3-5,8,11,20-22,24-26,29H,6-7,9-10,12-19,23H2,1-2H3,(H,47,55)(H,48,54,57). The second-order valence-electron chi connectivity index (χ2n) is 15.5. The van der Waals surface area contributed by atoms with Crippen LogP contribution >= 0.6 is 11.6 Å². The van der Waals surface area contributed by atoms with Gasteiger partial charge in [0.15, 0.2) is 0 Å². The van der Waals surface area contributed by atoms with E-state index in [1.165, 1.54) is 18.1 Å². The number of nitrogens with zero attached hydrogens (tertiary/aromatic N) is 6. The monoisotopic (exact) mass is 822 g/mol. The fourth-order valence-electron chi connectivity index (χ4n) is 8.21. The predicted octanol–water partition coefficient (Wildman–Crippen LogP) is 7.42. The summed E-state index contributed by atoms with van der Waals surface area (Å²) in [5.41, 5.74) is 0.373. The van der Waals surface area contributed by atoms with Gasteiger partial charge in [-0.15, -0.1) is 0 Å². The molecule has 2 N–H and O–H groups in total. The number of amides is 5. The van der Waals surface area contributed by atoms with E-state index in [4.69, 9.17) is 21.4 Å². The first-order valence-electron chi connectivity index (χ1n) is 19.6. The molecule has 3 fully saturated rings. The smallest absolute Gasteiger partial charge is 0.433 e. The molecule has 0 unspecified atom stereocenters. The van der Waals surface area contributed by atoms with Crippen LogP contribution in [0.25, 0.3) is 10.9 Å². The zero-order chi connectivity index (χ0) is 41.1. The number of piperidine rings is 1. The molecule has 2 aromatic carbocycles. The van der Waals surface area contributed by atoms with Crippen LogP contribution in [0, 0.1) is 11.8 Å². The molecule has 1 aliphatic carbocycles. The molecule has 1 saturated carbocycles. The number of benzene rings is 2. The molecular formula is C41H46ClF3N8O5. The molecule has 0 radical (unpaired) electrons. The van der Waals surface area contributed by atoms with Gasteiger partial charge in [0.25, 0.3) is 11.8 Å². The van der Waals surface area contributed by atoms with E-state index in [0.717, 1.165) is 75.6 Å². The number of pyridine rings is 1. The highest BCUT2D eigenvalue weighted by atomic mass is 35.5. The Morgan fingerprint density at radius 1 is 1.00 bits per heavy atom. The predicted molar refractivity (Wildman–Crippen MR) is 212 cm³/mol. The Bertz CT molecular complexity index is 2180. The number of methoxy groups -OCH3 is 1. The van der Waals surface area contributed by atoms with Crippen LogP contribution in [-0.2, 0) is 11.0 Å². The second-order valence-corrected chi connectivity index (χ2v) is 15.9. The number of hydrogen-bond acceptors (Lipinski definition) is 8. The molecule has 5 amide bonds. The van der Waals surface area contributed by atoms with Gasteiger partial charge in [-0.25, -0.2) is 9.78 Å². The molecule has 0 atom stereocenters. The molecule has 0 spiro atoms. The van der Waals surface area contributed by atoms with E-state index in [1.807, 2.05) is 15.8 Å². The summed E-state index contributed by atoms with van der Waals surface area (Å²) in [4.78, 5) is 59.5. The van der Waals surface area contributed by atoms with Gasteiger partial charge in [0.05, 0.1) is 35.1 Å². The van der Waals surface area contributed by atoms with Crippen molar-refractivity contribution in [2.75, 3.05) is 57.1 Å². The van der Waals surface area contributed by atoms with Gasteiger partial charge in [-0.1, -0.05) is 17.7 Å². The lowest BCUT2D eigenvalue weighted by molar-refractivity contribution is -0.141. The lowest BCUT2D eigenvalue weighted by atomic mass is 9.85. The number of aromatic nitrogens is 3. The highest BCUT2D eigenvalue weighted by Gasteiger charge is 2.33. The summed E-state index contributed by atoms with van der Waals surface area (Å²) < 4.78 is 46.9. The summed E-state index contributed by atoms with van der Waals surface area (Å²) in [7, 11) is 3.63. The van der Waals surface area contributed by atoms with E-state index >= 15 is 0 Å². The van der Waals surface area contributed by atoms with Crippen LogP contribution in [0.2, 0.25) is 5.02 Å². The molecule has 17 heteroatoms. The third kappa shape index (κ3) is 9.39. The maximum atomic E-state index is 13.4. The van der Waals surface area contributed by atoms with Gasteiger partial charge in [-0.3, -0.25) is 29.3 Å². The van der Waals surface area contributed by atoms with Crippen molar-refractivity contribution in [3.63, 3.8) is 0 Å². The minimum atomic E-state index is -4.67. The number of carbonyl (C=O) groups is 4. The zero-order valence-corrected chi connectivity index (χ0v) is 33.1. The topological polar surface area (TPSA) is 142 Å². The minimum absolute atomic E-state index is 0.0935. The lowest BCUT2D eigenvalue weighted by Gasteiger charge is -2.34. The van der Waals surface area contributed by atoms with E-state index in [9.17, 15) is 32.3 Å². The van der Waals surface area contributed by atoms with Crippen LogP contribution in [0.4, 0.5) is 29.3 Å². The Balaban J connectivity index is 0.859. The number of alkyl halides is 3. The molecule has 2 saturated heterocycles. The Morgan fingerprint density at radius 3 is 2.47 bits per heavy atom. The van der Waals surface area contributed by atoms with Gasteiger partial charge in [-0.05, 0) is 107 Å². The first kappa shape index (κ1) is 41.0. The fraction of sp³-hybridized carbons (Fsp3) is 0.463. The third-order valence-corrected chi connectivity index (χ3v) is 11.8. The van der Waals surface area contributed by atoms with Crippen molar-refractivity contribution in [3.05, 3.63) is 76.7 Å². The molecule has 308 valence electrons. The molecule has 0 bridgehead atoms. The van der Waals surface area contributed by atoms with Crippen LogP contribution in [0.3, 0.4) is 0 Å². The summed E-state index contributed by atoms with van der Waals surface area (Å²) >= 11 is 6.38. The summed E-state index contributed by atoms with van der Waals surface area (Å²) in [5.74, 6) is 0.216. The van der Waals surface area contributed by atoms with Crippen molar-refractivity contribution in [3.8, 4) is 5.75 Å². The summed E-state index contributed by atoms with van der Waals surface area (Å²) in [5, 5.41) is 10.9. The number of ether oxygens (including phenoxy) is 1. The SMILES string of the molecule is COc1cc2nn(C3CCC(CN(C)CCC4CCN(C(=O)c5ccc(Cl)c(N6CCC(=O)NC6=O)c5)CC4)CC3)cc2cc1NC(=O)c1cccc(C(F)(F)F)n1. The average Bonchev–Trinajstić information content (AvgIpc) is 3.63. The lowest BCUT2D eigenvalue weighted by Crippen LogP contribution is -2.49. The van der Waals surface area contributed by atoms with Gasteiger partial charge in [0.2, 0.25) is 5.91 Å². The number of fused-ring (bicyclic) bond motifs is 1. The Morgan fingerprint density at radius 2 is 1.76 bits per heavy atom. The third-order valence-electron chi connectivity index (χ3n) is 11.5. The molecular weight excluding hydrogens is 777 g/mol. The number of imide groups is 1. The molecule has 58 heavy (non-hydrogen) atoms. The summed E-state index contributed by atoms with van der Waals surface area (Å²) in [6.45, 7) is 3.52. The minimum Gasteiger partial charge on any atom is -0.494 e. The Labute approximate surface area is 338 Å². The average molecular weight is 823 g/mol. The van der Waals surface area contributed by atoms with Crippen LogP contribution in [0.15, 0.2) is 54.7 Å². The van der Waals surface area contributed by atoms with Crippen molar-refractivity contribution in [1.29, 1.82) is 0 Å². The van der Waals surface area contributed by atoms with Gasteiger partial charge >= 0.3 is 12.2 Å². The van der Waals surface area contributed by atoms with E-state index < -0.39 is 23.8 Å². The van der Waals surface area contributed by atoms with Crippen LogP contribution in [0.1, 0.15) is 83.9 Å². The molecule has 3 aliphatic rings. The number of rotatable bonds is 11. The maximum Gasteiger partial charge on any atom is 0.433 e. The number of urea groups is 1. The quantitative estimate of drug-likeness (QED) is 0.159. The molecule has 2 aromatic heterocycles. The Kier molecular flexibility index (Phi) is 12.2. The second kappa shape index (κ2) is 17.3. The molecule has 7 rings (SSSR count). The van der Waals surface area contributed by atoms with Gasteiger partial charge in [0.1, 0.15) is 17.1 Å². The van der Waals surface area contributed by atoms with Gasteiger partial charge < -0.3 is 19.9 Å². The van der Waals surface area contributed by atoms with Crippen LogP contribution in [0.5, 0.6) is 5.75 Å². The number of carbonyl (C=O) groups excluding carboxylic acids is 4. The fourth-order valence-corrected chi connectivity index (χ4v) is 8.43. The molecule has 4 aromatic rings. The van der Waals surface area contributed by atoms with Crippen molar-refractivity contribution >= 4 is 57.6 Å². The van der Waals surface area contributed by atoms with Crippen molar-refractivity contribution < 1.29 is 37.1 Å². The largest absolute Gasteiger partial charge is 0.494 e. The van der Waals surface area contributed by atoms with Crippen molar-refractivity contribution in [1.82, 2.24) is 29.9 Å². The number of halogens is 4. The van der Waals surface area contributed by atoms with Gasteiger partial charge in [-0.2, -0.15) is 18.3 Å². The summed E-state index contributed by atoms with van der Waals surface area (Å²) in [6.07, 6.45) is 4.41. The maximum absolute atomic E-state index is 13.4. The van der Waals surface area contributed by atoms with Crippen LogP contribution < -0.4 is 20.3 Å². The van der Waals surface area contributed by atoms with E-state index in [-0.39, 0.29) is 36.5 Å². The molecule has 4 heterocycles. The number of hydrogen-bond donors (Lipinski definition) is 2. The number of anilines is 2. The van der Waals surface area contributed by atoms with E-state index in [1.54, 1.807) is 30.3 Å². The number of likely N-dealkylation sites (tertiary alicyclic amines) is 1. The molecule has 2 aliphatic heterocycles. The zero-order valence-electron chi connectivity index (χ0n) is 32.4.